The van der Waals surface area contributed by atoms with Crippen LogP contribution in [0, 0.1) is 0 Å². The van der Waals surface area contributed by atoms with Crippen molar-refractivity contribution in [2.75, 3.05) is 18.1 Å². The molecule has 0 aliphatic rings. The average molecular weight is 311 g/mol. The first kappa shape index (κ1) is 17.2. The Kier molecular flexibility index (Phi) is 7.45. The van der Waals surface area contributed by atoms with E-state index in [-0.39, 0.29) is 24.4 Å². The number of amides is 1. The Morgan fingerprint density at radius 2 is 2.24 bits per heavy atom. The van der Waals surface area contributed by atoms with Crippen molar-refractivity contribution in [2.24, 2.45) is 10.9 Å². The van der Waals surface area contributed by atoms with E-state index in [9.17, 15) is 4.79 Å². The van der Waals surface area contributed by atoms with Gasteiger partial charge < -0.3 is 21.0 Å². The summed E-state index contributed by atoms with van der Waals surface area (Å²) in [4.78, 5) is 11.8. The highest BCUT2D eigenvalue weighted by molar-refractivity contribution is 7.99. The van der Waals surface area contributed by atoms with Gasteiger partial charge in [-0.2, -0.15) is 11.8 Å². The summed E-state index contributed by atoms with van der Waals surface area (Å²) in [5.41, 5.74) is 6.00. The van der Waals surface area contributed by atoms with Crippen molar-refractivity contribution in [3.8, 4) is 5.75 Å². The van der Waals surface area contributed by atoms with Crippen molar-refractivity contribution < 1.29 is 14.7 Å². The number of carbonyl (C=O) groups excluding carboxylic acids is 1. The quantitative estimate of drug-likeness (QED) is 0.292. The van der Waals surface area contributed by atoms with Gasteiger partial charge in [0.25, 0.3) is 5.91 Å². The smallest absolute Gasteiger partial charge is 0.258 e. The fourth-order valence-corrected chi connectivity index (χ4v) is 2.33. The minimum atomic E-state index is -0.200. The largest absolute Gasteiger partial charge is 0.483 e. The van der Waals surface area contributed by atoms with Crippen LogP contribution in [-0.4, -0.2) is 41.1 Å². The molecule has 7 heteroatoms. The van der Waals surface area contributed by atoms with E-state index in [1.807, 2.05) is 6.92 Å². The molecular weight excluding hydrogens is 290 g/mol. The Morgan fingerprint density at radius 3 is 2.90 bits per heavy atom. The van der Waals surface area contributed by atoms with Crippen molar-refractivity contribution >= 4 is 23.5 Å². The van der Waals surface area contributed by atoms with Crippen LogP contribution >= 0.6 is 11.8 Å². The summed E-state index contributed by atoms with van der Waals surface area (Å²) < 4.78 is 5.44. The molecule has 0 aliphatic heterocycles. The predicted molar refractivity (Wildman–Crippen MR) is 85.1 cm³/mol. The van der Waals surface area contributed by atoms with Crippen molar-refractivity contribution in [2.45, 2.75) is 19.9 Å². The molecule has 6 nitrogen and oxygen atoms in total. The van der Waals surface area contributed by atoms with Gasteiger partial charge in [-0.15, -0.1) is 0 Å². The SMILES string of the molecule is CCSCC(C)NC(=O)COc1ccccc1/C(N)=N/O. The van der Waals surface area contributed by atoms with Gasteiger partial charge in [-0.25, -0.2) is 0 Å². The zero-order valence-corrected chi connectivity index (χ0v) is 13.0. The van der Waals surface area contributed by atoms with Gasteiger partial charge >= 0.3 is 0 Å². The van der Waals surface area contributed by atoms with Crippen LogP contribution in [0.5, 0.6) is 5.75 Å². The molecule has 1 aromatic carbocycles. The number of amidine groups is 1. The maximum Gasteiger partial charge on any atom is 0.258 e. The fraction of sp³-hybridized carbons (Fsp3) is 0.429. The van der Waals surface area contributed by atoms with Crippen LogP contribution in [0.4, 0.5) is 0 Å². The molecular formula is C14H21N3O3S. The molecule has 1 atom stereocenters. The molecule has 0 radical (unpaired) electrons. The number of rotatable bonds is 8. The number of thioether (sulfide) groups is 1. The van der Waals surface area contributed by atoms with Gasteiger partial charge in [0.1, 0.15) is 5.75 Å². The molecule has 0 saturated carbocycles. The molecule has 0 fully saturated rings. The number of oxime groups is 1. The standard InChI is InChI=1S/C14H21N3O3S/c1-3-21-9-10(2)16-13(18)8-20-12-7-5-4-6-11(12)14(15)17-19/h4-7,10,19H,3,8-9H2,1-2H3,(H2,15,17)(H,16,18). The summed E-state index contributed by atoms with van der Waals surface area (Å²) in [6.45, 7) is 3.91. The fourth-order valence-electron chi connectivity index (χ4n) is 1.65. The zero-order valence-electron chi connectivity index (χ0n) is 12.2. The van der Waals surface area contributed by atoms with Gasteiger partial charge in [-0.05, 0) is 24.8 Å². The number of para-hydroxylation sites is 1. The number of carbonyl (C=O) groups is 1. The van der Waals surface area contributed by atoms with E-state index in [2.05, 4.69) is 17.4 Å². The third kappa shape index (κ3) is 5.95. The first-order valence-electron chi connectivity index (χ1n) is 6.65. The lowest BCUT2D eigenvalue weighted by Crippen LogP contribution is -2.37. The first-order valence-corrected chi connectivity index (χ1v) is 7.80. The molecule has 0 spiro atoms. The average Bonchev–Trinajstić information content (AvgIpc) is 2.50. The van der Waals surface area contributed by atoms with Gasteiger partial charge in [-0.3, -0.25) is 4.79 Å². The van der Waals surface area contributed by atoms with Gasteiger partial charge in [0.15, 0.2) is 12.4 Å². The van der Waals surface area contributed by atoms with E-state index in [1.54, 1.807) is 36.0 Å². The van der Waals surface area contributed by atoms with E-state index in [0.717, 1.165) is 11.5 Å². The molecule has 116 valence electrons. The number of nitrogens with one attached hydrogen (secondary N) is 1. The van der Waals surface area contributed by atoms with Crippen molar-refractivity contribution in [3.05, 3.63) is 29.8 Å². The maximum atomic E-state index is 11.8. The van der Waals surface area contributed by atoms with E-state index in [0.29, 0.717) is 11.3 Å². The molecule has 0 aliphatic carbocycles. The van der Waals surface area contributed by atoms with E-state index < -0.39 is 0 Å². The second-order valence-electron chi connectivity index (χ2n) is 4.40. The summed E-state index contributed by atoms with van der Waals surface area (Å²) in [6, 6.07) is 6.90. The third-order valence-electron chi connectivity index (χ3n) is 2.61. The number of ether oxygens (including phenoxy) is 1. The minimum Gasteiger partial charge on any atom is -0.483 e. The molecule has 1 aromatic rings. The van der Waals surface area contributed by atoms with Gasteiger partial charge in [0.2, 0.25) is 0 Å². The summed E-state index contributed by atoms with van der Waals surface area (Å²) >= 11 is 1.77. The maximum absolute atomic E-state index is 11.8. The Morgan fingerprint density at radius 1 is 1.52 bits per heavy atom. The molecule has 0 heterocycles. The number of benzene rings is 1. The minimum absolute atomic E-state index is 0.0567. The van der Waals surface area contributed by atoms with Crippen molar-refractivity contribution in [1.82, 2.24) is 5.32 Å². The number of nitrogens with zero attached hydrogens (tertiary/aromatic N) is 1. The normalized spacial score (nSPS) is 12.8. The highest BCUT2D eigenvalue weighted by atomic mass is 32.2. The van der Waals surface area contributed by atoms with Crippen LogP contribution in [0.1, 0.15) is 19.4 Å². The van der Waals surface area contributed by atoms with E-state index in [1.165, 1.54) is 0 Å². The summed E-state index contributed by atoms with van der Waals surface area (Å²) in [5.74, 6) is 2.03. The Balaban J connectivity index is 2.54. The molecule has 0 bridgehead atoms. The highest BCUT2D eigenvalue weighted by Crippen LogP contribution is 2.17. The van der Waals surface area contributed by atoms with Crippen LogP contribution in [-0.2, 0) is 4.79 Å². The number of hydrogen-bond acceptors (Lipinski definition) is 5. The third-order valence-corrected chi connectivity index (χ3v) is 3.75. The molecule has 1 rings (SSSR count). The van der Waals surface area contributed by atoms with Crippen LogP contribution < -0.4 is 15.8 Å². The molecule has 0 saturated heterocycles. The summed E-state index contributed by atoms with van der Waals surface area (Å²) in [6.07, 6.45) is 0. The summed E-state index contributed by atoms with van der Waals surface area (Å²) in [5, 5.41) is 14.5. The Hall–Kier alpha value is -1.89. The van der Waals surface area contributed by atoms with Gasteiger partial charge in [-0.1, -0.05) is 24.2 Å². The summed E-state index contributed by atoms with van der Waals surface area (Å²) in [7, 11) is 0. The van der Waals surface area contributed by atoms with Crippen LogP contribution in [0.15, 0.2) is 29.4 Å². The van der Waals surface area contributed by atoms with Crippen LogP contribution in [0.2, 0.25) is 0 Å². The monoisotopic (exact) mass is 311 g/mol. The lowest BCUT2D eigenvalue weighted by Gasteiger charge is -2.14. The van der Waals surface area contributed by atoms with E-state index in [4.69, 9.17) is 15.7 Å². The Bertz CT molecular complexity index is 494. The van der Waals surface area contributed by atoms with Gasteiger partial charge in [0.05, 0.1) is 5.56 Å². The molecule has 4 N–H and O–H groups in total. The highest BCUT2D eigenvalue weighted by Gasteiger charge is 2.11. The predicted octanol–water partition coefficient (Wildman–Crippen LogP) is 1.42. The second-order valence-corrected chi connectivity index (χ2v) is 5.72. The topological polar surface area (TPSA) is 96.9 Å². The number of nitrogens with two attached hydrogens (primary N) is 1. The molecule has 21 heavy (non-hydrogen) atoms. The first-order chi connectivity index (χ1) is 10.1. The van der Waals surface area contributed by atoms with Crippen LogP contribution in [0.25, 0.3) is 0 Å². The molecule has 0 aromatic heterocycles. The Labute approximate surface area is 128 Å². The van der Waals surface area contributed by atoms with E-state index >= 15 is 0 Å². The molecule has 1 unspecified atom stereocenters. The number of hydrogen-bond donors (Lipinski definition) is 3. The zero-order chi connectivity index (χ0) is 15.7. The lowest BCUT2D eigenvalue weighted by molar-refractivity contribution is -0.123. The van der Waals surface area contributed by atoms with Crippen molar-refractivity contribution in [3.63, 3.8) is 0 Å². The lowest BCUT2D eigenvalue weighted by atomic mass is 10.2. The molecule has 1 amide bonds. The van der Waals surface area contributed by atoms with Crippen LogP contribution in [0.3, 0.4) is 0 Å². The second kappa shape index (κ2) is 9.12. The van der Waals surface area contributed by atoms with Gasteiger partial charge in [0, 0.05) is 11.8 Å². The van der Waals surface area contributed by atoms with Crippen molar-refractivity contribution in [1.29, 1.82) is 0 Å².